The zero-order chi connectivity index (χ0) is 19.0. The first-order chi connectivity index (χ1) is 13.0. The molecule has 0 amide bonds. The molecular weight excluding hydrogens is 338 g/mol. The number of rotatable bonds is 3. The van der Waals surface area contributed by atoms with Crippen molar-refractivity contribution in [3.05, 3.63) is 45.5 Å². The Labute approximate surface area is 160 Å². The normalized spacial score (nSPS) is 18.3. The smallest absolute Gasteiger partial charge is 0.250 e. The fraction of sp³-hybridized carbons (Fsp3) is 0.571. The Bertz CT molecular complexity index is 877. The molecule has 0 atom stereocenters. The van der Waals surface area contributed by atoms with E-state index in [-0.39, 0.29) is 5.56 Å². The quantitative estimate of drug-likeness (QED) is 0.835. The van der Waals surface area contributed by atoms with E-state index in [1.807, 2.05) is 6.20 Å². The van der Waals surface area contributed by atoms with Gasteiger partial charge in [-0.3, -0.25) is 4.79 Å². The third-order valence-electron chi connectivity index (χ3n) is 6.13. The summed E-state index contributed by atoms with van der Waals surface area (Å²) in [5, 5.41) is 0. The second-order valence-corrected chi connectivity index (χ2v) is 7.92. The summed E-state index contributed by atoms with van der Waals surface area (Å²) in [6, 6.07) is 3.89. The van der Waals surface area contributed by atoms with Gasteiger partial charge in [-0.25, -0.2) is 4.98 Å². The fourth-order valence-corrected chi connectivity index (χ4v) is 4.21. The largest absolute Gasteiger partial charge is 0.356 e. The van der Waals surface area contributed by atoms with Crippen LogP contribution in [0, 0.1) is 13.8 Å². The van der Waals surface area contributed by atoms with Crippen molar-refractivity contribution in [2.45, 2.75) is 45.4 Å². The molecule has 6 heteroatoms. The number of aryl methyl sites for hydroxylation is 2. The van der Waals surface area contributed by atoms with Gasteiger partial charge in [0.05, 0.1) is 0 Å². The van der Waals surface area contributed by atoms with Gasteiger partial charge in [-0.15, -0.1) is 0 Å². The van der Waals surface area contributed by atoms with Crippen LogP contribution in [0.2, 0.25) is 0 Å². The van der Waals surface area contributed by atoms with E-state index in [1.165, 1.54) is 24.0 Å². The molecule has 27 heavy (non-hydrogen) atoms. The number of aromatic nitrogens is 3. The molecule has 2 saturated heterocycles. The van der Waals surface area contributed by atoms with Crippen LogP contribution in [0.4, 0.5) is 11.8 Å². The first-order valence-electron chi connectivity index (χ1n) is 10.0. The highest BCUT2D eigenvalue weighted by atomic mass is 16.1. The van der Waals surface area contributed by atoms with Gasteiger partial charge in [0, 0.05) is 56.7 Å². The van der Waals surface area contributed by atoms with Crippen molar-refractivity contribution in [3.8, 4) is 0 Å². The minimum Gasteiger partial charge on any atom is -0.356 e. The molecule has 2 fully saturated rings. The Morgan fingerprint density at radius 1 is 1.00 bits per heavy atom. The Kier molecular flexibility index (Phi) is 4.89. The van der Waals surface area contributed by atoms with Gasteiger partial charge in [0.15, 0.2) is 0 Å². The molecule has 2 aliphatic heterocycles. The SMILES string of the molecule is Cc1nc(N2CCCC2)nc(N2CCC(c3ccn(C)c(=O)c3)CC2)c1C. The molecule has 0 radical (unpaired) electrons. The Morgan fingerprint density at radius 3 is 2.37 bits per heavy atom. The Morgan fingerprint density at radius 2 is 1.70 bits per heavy atom. The van der Waals surface area contributed by atoms with Crippen LogP contribution < -0.4 is 15.4 Å². The van der Waals surface area contributed by atoms with Gasteiger partial charge >= 0.3 is 0 Å². The van der Waals surface area contributed by atoms with E-state index < -0.39 is 0 Å². The van der Waals surface area contributed by atoms with E-state index in [2.05, 4.69) is 29.7 Å². The van der Waals surface area contributed by atoms with E-state index in [0.29, 0.717) is 5.92 Å². The molecule has 0 aliphatic carbocycles. The van der Waals surface area contributed by atoms with Crippen molar-refractivity contribution < 1.29 is 0 Å². The Hall–Kier alpha value is -2.37. The van der Waals surface area contributed by atoms with Crippen molar-refractivity contribution in [2.24, 2.45) is 7.05 Å². The summed E-state index contributed by atoms with van der Waals surface area (Å²) >= 11 is 0. The summed E-state index contributed by atoms with van der Waals surface area (Å²) in [5.74, 6) is 2.43. The van der Waals surface area contributed by atoms with Crippen LogP contribution in [0.25, 0.3) is 0 Å². The molecule has 2 aromatic heterocycles. The molecule has 2 aromatic rings. The minimum absolute atomic E-state index is 0.0763. The number of hydrogen-bond donors (Lipinski definition) is 0. The number of pyridine rings is 1. The van der Waals surface area contributed by atoms with E-state index in [4.69, 9.17) is 9.97 Å². The molecule has 2 aliphatic rings. The summed E-state index contributed by atoms with van der Waals surface area (Å²) in [7, 11) is 1.80. The standard InChI is InChI=1S/C21H29N5O/c1-15-16(2)22-21(26-9-4-5-10-26)23-20(15)25-12-7-17(8-13-25)18-6-11-24(3)19(27)14-18/h6,11,14,17H,4-5,7-10,12-13H2,1-3H3. The lowest BCUT2D eigenvalue weighted by molar-refractivity contribution is 0.500. The van der Waals surface area contributed by atoms with Gasteiger partial charge in [0.2, 0.25) is 5.95 Å². The molecule has 0 N–H and O–H groups in total. The van der Waals surface area contributed by atoms with E-state index in [1.54, 1.807) is 17.7 Å². The van der Waals surface area contributed by atoms with Crippen LogP contribution in [0.3, 0.4) is 0 Å². The third kappa shape index (κ3) is 3.57. The van der Waals surface area contributed by atoms with E-state index in [9.17, 15) is 4.79 Å². The topological polar surface area (TPSA) is 54.3 Å². The van der Waals surface area contributed by atoms with Crippen molar-refractivity contribution in [1.82, 2.24) is 14.5 Å². The lowest BCUT2D eigenvalue weighted by Gasteiger charge is -2.34. The summed E-state index contributed by atoms with van der Waals surface area (Å²) < 4.78 is 1.63. The molecule has 4 heterocycles. The molecule has 4 rings (SSSR count). The zero-order valence-corrected chi connectivity index (χ0v) is 16.6. The maximum atomic E-state index is 11.9. The highest BCUT2D eigenvalue weighted by Gasteiger charge is 2.25. The zero-order valence-electron chi connectivity index (χ0n) is 16.6. The maximum absolute atomic E-state index is 11.9. The van der Waals surface area contributed by atoms with Crippen LogP contribution >= 0.6 is 0 Å². The van der Waals surface area contributed by atoms with Crippen molar-refractivity contribution >= 4 is 11.8 Å². The maximum Gasteiger partial charge on any atom is 0.250 e. The Balaban J connectivity index is 1.52. The minimum atomic E-state index is 0.0763. The number of piperidine rings is 1. The second-order valence-electron chi connectivity index (χ2n) is 7.92. The molecule has 0 aromatic carbocycles. The first-order valence-corrected chi connectivity index (χ1v) is 10.0. The number of anilines is 2. The molecule has 144 valence electrons. The molecule has 0 unspecified atom stereocenters. The van der Waals surface area contributed by atoms with Gasteiger partial charge < -0.3 is 14.4 Å². The van der Waals surface area contributed by atoms with Crippen LogP contribution in [0.5, 0.6) is 0 Å². The van der Waals surface area contributed by atoms with Gasteiger partial charge in [-0.05, 0) is 57.1 Å². The monoisotopic (exact) mass is 367 g/mol. The van der Waals surface area contributed by atoms with E-state index in [0.717, 1.165) is 56.5 Å². The van der Waals surface area contributed by atoms with E-state index >= 15 is 0 Å². The lowest BCUT2D eigenvalue weighted by Crippen LogP contribution is -2.35. The van der Waals surface area contributed by atoms with Crippen LogP contribution in [0.15, 0.2) is 23.1 Å². The fourth-order valence-electron chi connectivity index (χ4n) is 4.21. The molecule has 0 bridgehead atoms. The number of hydrogen-bond acceptors (Lipinski definition) is 5. The molecule has 0 saturated carbocycles. The van der Waals surface area contributed by atoms with Gasteiger partial charge in [-0.2, -0.15) is 4.98 Å². The highest BCUT2D eigenvalue weighted by Crippen LogP contribution is 2.32. The summed E-state index contributed by atoms with van der Waals surface area (Å²) in [6.07, 6.45) is 6.44. The van der Waals surface area contributed by atoms with Crippen LogP contribution in [0.1, 0.15) is 48.4 Å². The molecule has 6 nitrogen and oxygen atoms in total. The predicted octanol–water partition coefficient (Wildman–Crippen LogP) is 2.78. The van der Waals surface area contributed by atoms with Gasteiger partial charge in [0.1, 0.15) is 5.82 Å². The average Bonchev–Trinajstić information content (AvgIpc) is 3.21. The lowest BCUT2D eigenvalue weighted by atomic mass is 9.90. The highest BCUT2D eigenvalue weighted by molar-refractivity contribution is 5.53. The average molecular weight is 367 g/mol. The summed E-state index contributed by atoms with van der Waals surface area (Å²) in [4.78, 5) is 26.3. The third-order valence-corrected chi connectivity index (χ3v) is 6.13. The first kappa shape index (κ1) is 18.0. The molecule has 0 spiro atoms. The van der Waals surface area contributed by atoms with Gasteiger partial charge in [0.25, 0.3) is 5.56 Å². The predicted molar refractivity (Wildman–Crippen MR) is 109 cm³/mol. The van der Waals surface area contributed by atoms with Crippen molar-refractivity contribution in [1.29, 1.82) is 0 Å². The van der Waals surface area contributed by atoms with Crippen molar-refractivity contribution in [3.63, 3.8) is 0 Å². The summed E-state index contributed by atoms with van der Waals surface area (Å²) in [6.45, 7) is 8.28. The summed E-state index contributed by atoms with van der Waals surface area (Å²) in [5.41, 5.74) is 3.51. The molecular formula is C21H29N5O. The van der Waals surface area contributed by atoms with Crippen LogP contribution in [-0.4, -0.2) is 40.7 Å². The van der Waals surface area contributed by atoms with Crippen molar-refractivity contribution in [2.75, 3.05) is 36.0 Å². The van der Waals surface area contributed by atoms with Gasteiger partial charge in [-0.1, -0.05) is 0 Å². The van der Waals surface area contributed by atoms with Crippen LogP contribution in [-0.2, 0) is 7.05 Å². The second kappa shape index (κ2) is 7.33. The number of nitrogens with zero attached hydrogens (tertiary/aromatic N) is 5.